The Hall–Kier alpha value is -3.14. The van der Waals surface area contributed by atoms with Gasteiger partial charge in [-0.15, -0.1) is 0 Å². The second kappa shape index (κ2) is 10.1. The van der Waals surface area contributed by atoms with Crippen LogP contribution in [0.25, 0.3) is 0 Å². The molecule has 10 heteroatoms. The van der Waals surface area contributed by atoms with E-state index in [2.05, 4.69) is 10.6 Å². The molecule has 0 bridgehead atoms. The standard InChI is InChI=1S/C26H35N3O7/c1-5-34-23-26(14-17(26)22(32)36-23)28-20(30)18-12-9-13-29(18)21(31)19(25(2,3)4)27-24(33)35-15-16-10-7-6-8-11-16/h6-8,10-11,17-19,23H,5,9,12-15H2,1-4H3,(H,27,33)(H,28,30)/t17?,18-,19+,23+,26?/m0/s1. The van der Waals surface area contributed by atoms with E-state index >= 15 is 0 Å². The Balaban J connectivity index is 1.41. The fourth-order valence-electron chi connectivity index (χ4n) is 4.97. The average Bonchev–Trinajstić information content (AvgIpc) is 3.23. The fraction of sp³-hybridized carbons (Fsp3) is 0.615. The molecule has 0 aromatic heterocycles. The van der Waals surface area contributed by atoms with Crippen LogP contribution in [0.4, 0.5) is 4.79 Å². The van der Waals surface area contributed by atoms with Gasteiger partial charge in [-0.2, -0.15) is 0 Å². The Morgan fingerprint density at radius 1 is 1.22 bits per heavy atom. The molecule has 3 amide bonds. The largest absolute Gasteiger partial charge is 0.445 e. The third-order valence-corrected chi connectivity index (χ3v) is 7.03. The number of carbonyl (C=O) groups is 4. The molecule has 196 valence electrons. The molecular weight excluding hydrogens is 466 g/mol. The molecule has 0 spiro atoms. The van der Waals surface area contributed by atoms with Crippen molar-refractivity contribution in [1.82, 2.24) is 15.5 Å². The summed E-state index contributed by atoms with van der Waals surface area (Å²) in [5.74, 6) is -1.49. The molecule has 0 radical (unpaired) electrons. The molecule has 1 aliphatic carbocycles. The molecule has 10 nitrogen and oxygen atoms in total. The van der Waals surface area contributed by atoms with Crippen LogP contribution < -0.4 is 10.6 Å². The number of nitrogens with zero attached hydrogens (tertiary/aromatic N) is 1. The minimum atomic E-state index is -0.895. The first-order valence-corrected chi connectivity index (χ1v) is 12.5. The second-order valence-electron chi connectivity index (χ2n) is 10.7. The number of hydrogen-bond acceptors (Lipinski definition) is 7. The van der Waals surface area contributed by atoms with Gasteiger partial charge in [0.05, 0.1) is 5.92 Å². The van der Waals surface area contributed by atoms with E-state index in [0.717, 1.165) is 5.56 Å². The predicted octanol–water partition coefficient (Wildman–Crippen LogP) is 2.11. The lowest BCUT2D eigenvalue weighted by molar-refractivity contribution is -0.173. The third-order valence-electron chi connectivity index (χ3n) is 7.03. The number of esters is 1. The van der Waals surface area contributed by atoms with Crippen molar-refractivity contribution < 1.29 is 33.4 Å². The first-order valence-electron chi connectivity index (χ1n) is 12.5. The fourth-order valence-corrected chi connectivity index (χ4v) is 4.97. The van der Waals surface area contributed by atoms with Crippen LogP contribution in [0.3, 0.4) is 0 Å². The van der Waals surface area contributed by atoms with E-state index in [9.17, 15) is 19.2 Å². The Morgan fingerprint density at radius 3 is 2.58 bits per heavy atom. The van der Waals surface area contributed by atoms with Crippen LogP contribution in [-0.2, 0) is 35.2 Å². The number of benzene rings is 1. The Labute approximate surface area is 211 Å². The molecule has 36 heavy (non-hydrogen) atoms. The molecule has 3 aliphatic rings. The molecule has 5 atom stereocenters. The summed E-state index contributed by atoms with van der Waals surface area (Å²) in [5.41, 5.74) is -0.664. The minimum Gasteiger partial charge on any atom is -0.445 e. The number of ether oxygens (including phenoxy) is 3. The van der Waals surface area contributed by atoms with Gasteiger partial charge in [0.2, 0.25) is 18.1 Å². The first-order chi connectivity index (χ1) is 17.1. The smallest absolute Gasteiger partial charge is 0.408 e. The molecular formula is C26H35N3O7. The van der Waals surface area contributed by atoms with Crippen LogP contribution in [0.1, 0.15) is 52.5 Å². The van der Waals surface area contributed by atoms with Gasteiger partial charge in [0.25, 0.3) is 0 Å². The zero-order valence-electron chi connectivity index (χ0n) is 21.2. The lowest BCUT2D eigenvalue weighted by atomic mass is 9.85. The van der Waals surface area contributed by atoms with Gasteiger partial charge in [0.1, 0.15) is 24.2 Å². The van der Waals surface area contributed by atoms with Gasteiger partial charge < -0.3 is 29.7 Å². The molecule has 1 saturated carbocycles. The van der Waals surface area contributed by atoms with Crippen molar-refractivity contribution in [2.24, 2.45) is 11.3 Å². The van der Waals surface area contributed by atoms with Crippen LogP contribution in [0.5, 0.6) is 0 Å². The molecule has 2 aliphatic heterocycles. The van der Waals surface area contributed by atoms with E-state index < -0.39 is 41.3 Å². The summed E-state index contributed by atoms with van der Waals surface area (Å²) in [4.78, 5) is 53.1. The maximum absolute atomic E-state index is 13.6. The predicted molar refractivity (Wildman–Crippen MR) is 128 cm³/mol. The number of alkyl carbamates (subject to hydrolysis) is 1. The summed E-state index contributed by atoms with van der Waals surface area (Å²) < 4.78 is 16.2. The summed E-state index contributed by atoms with van der Waals surface area (Å²) in [7, 11) is 0. The van der Waals surface area contributed by atoms with Crippen LogP contribution in [0, 0.1) is 11.3 Å². The van der Waals surface area contributed by atoms with E-state index in [-0.39, 0.29) is 24.4 Å². The normalized spacial score (nSPS) is 27.6. The van der Waals surface area contributed by atoms with Crippen molar-refractivity contribution in [3.8, 4) is 0 Å². The van der Waals surface area contributed by atoms with Crippen LogP contribution in [-0.4, -0.2) is 65.8 Å². The molecule has 2 heterocycles. The quantitative estimate of drug-likeness (QED) is 0.523. The first kappa shape index (κ1) is 25.9. The number of hydrogen-bond donors (Lipinski definition) is 2. The van der Waals surface area contributed by atoms with Crippen molar-refractivity contribution >= 4 is 23.9 Å². The second-order valence-corrected chi connectivity index (χ2v) is 10.7. The number of cyclic esters (lactones) is 1. The lowest BCUT2D eigenvalue weighted by Crippen LogP contribution is -2.59. The molecule has 2 N–H and O–H groups in total. The number of nitrogens with one attached hydrogen (secondary N) is 2. The summed E-state index contributed by atoms with van der Waals surface area (Å²) in [6.45, 7) is 8.15. The van der Waals surface area contributed by atoms with Crippen molar-refractivity contribution in [1.29, 1.82) is 0 Å². The highest BCUT2D eigenvalue weighted by molar-refractivity contribution is 5.94. The Bertz CT molecular complexity index is 1010. The highest BCUT2D eigenvalue weighted by Crippen LogP contribution is 2.53. The lowest BCUT2D eigenvalue weighted by Gasteiger charge is -2.35. The van der Waals surface area contributed by atoms with Gasteiger partial charge >= 0.3 is 12.1 Å². The number of carbonyl (C=O) groups excluding carboxylic acids is 4. The van der Waals surface area contributed by atoms with Crippen molar-refractivity contribution in [2.45, 2.75) is 77.5 Å². The van der Waals surface area contributed by atoms with Gasteiger partial charge in [0, 0.05) is 13.2 Å². The van der Waals surface area contributed by atoms with Crippen LogP contribution >= 0.6 is 0 Å². The Morgan fingerprint density at radius 2 is 1.94 bits per heavy atom. The third kappa shape index (κ3) is 5.18. The SMILES string of the molecule is CCO[C@@H]1OC(=O)C2CC21NC(=O)[C@@H]1CCCN1C(=O)[C@@H](NC(=O)OCc1ccccc1)C(C)(C)C. The zero-order valence-corrected chi connectivity index (χ0v) is 21.2. The van der Waals surface area contributed by atoms with Crippen molar-refractivity contribution in [2.75, 3.05) is 13.2 Å². The number of rotatable bonds is 8. The van der Waals surface area contributed by atoms with Gasteiger partial charge in [0.15, 0.2) is 0 Å². The highest BCUT2D eigenvalue weighted by atomic mass is 16.7. The average molecular weight is 502 g/mol. The van der Waals surface area contributed by atoms with Crippen LogP contribution in [0.2, 0.25) is 0 Å². The summed E-state index contributed by atoms with van der Waals surface area (Å²) in [5, 5.41) is 5.68. The van der Waals surface area contributed by atoms with Crippen LogP contribution in [0.15, 0.2) is 30.3 Å². The molecule has 4 rings (SSSR count). The number of fused-ring (bicyclic) bond motifs is 1. The topological polar surface area (TPSA) is 123 Å². The maximum atomic E-state index is 13.6. The summed E-state index contributed by atoms with van der Waals surface area (Å²) in [6, 6.07) is 7.66. The van der Waals surface area contributed by atoms with E-state index in [4.69, 9.17) is 14.2 Å². The van der Waals surface area contributed by atoms with Gasteiger partial charge in [-0.3, -0.25) is 14.4 Å². The summed E-state index contributed by atoms with van der Waals surface area (Å²) in [6.07, 6.45) is 0.0790. The van der Waals surface area contributed by atoms with E-state index in [1.165, 1.54) is 4.90 Å². The number of amides is 3. The maximum Gasteiger partial charge on any atom is 0.408 e. The van der Waals surface area contributed by atoms with E-state index in [1.54, 1.807) is 6.92 Å². The molecule has 2 unspecified atom stereocenters. The molecule has 1 aromatic carbocycles. The van der Waals surface area contributed by atoms with Crippen molar-refractivity contribution in [3.05, 3.63) is 35.9 Å². The van der Waals surface area contributed by atoms with Crippen molar-refractivity contribution in [3.63, 3.8) is 0 Å². The zero-order chi connectivity index (χ0) is 26.1. The van der Waals surface area contributed by atoms with Gasteiger partial charge in [-0.05, 0) is 37.2 Å². The van der Waals surface area contributed by atoms with Gasteiger partial charge in [-0.25, -0.2) is 4.79 Å². The Kier molecular flexibility index (Phi) is 7.26. The van der Waals surface area contributed by atoms with E-state index in [1.807, 2.05) is 51.1 Å². The molecule has 3 fully saturated rings. The van der Waals surface area contributed by atoms with E-state index in [0.29, 0.717) is 32.4 Å². The number of likely N-dealkylation sites (tertiary alicyclic amines) is 1. The molecule has 1 aromatic rings. The van der Waals surface area contributed by atoms with Gasteiger partial charge in [-0.1, -0.05) is 51.1 Å². The monoisotopic (exact) mass is 501 g/mol. The summed E-state index contributed by atoms with van der Waals surface area (Å²) >= 11 is 0. The highest BCUT2D eigenvalue weighted by Gasteiger charge is 2.72. The molecule has 2 saturated heterocycles. The minimum absolute atomic E-state index is 0.0809.